The van der Waals surface area contributed by atoms with Gasteiger partial charge in [-0.2, -0.15) is 0 Å². The molecule has 0 saturated heterocycles. The predicted octanol–water partition coefficient (Wildman–Crippen LogP) is 2.47. The van der Waals surface area contributed by atoms with Crippen molar-refractivity contribution in [2.45, 2.75) is 0 Å². The maximum Gasteiger partial charge on any atom is 0.314 e. The van der Waals surface area contributed by atoms with Crippen LogP contribution in [0.1, 0.15) is 0 Å². The van der Waals surface area contributed by atoms with Crippen LogP contribution in [0.25, 0.3) is 0 Å². The highest BCUT2D eigenvalue weighted by Crippen LogP contribution is 2.17. The number of anilines is 3. The molecular formula is C16H16FN3O2. The Morgan fingerprint density at radius 2 is 1.64 bits per heavy atom. The van der Waals surface area contributed by atoms with E-state index in [1.54, 1.807) is 24.3 Å². The van der Waals surface area contributed by atoms with Crippen molar-refractivity contribution in [3.63, 3.8) is 0 Å². The number of rotatable bonds is 3. The van der Waals surface area contributed by atoms with Crippen molar-refractivity contribution in [2.75, 3.05) is 29.6 Å². The molecule has 22 heavy (non-hydrogen) atoms. The zero-order chi connectivity index (χ0) is 16.1. The minimum atomic E-state index is -0.930. The maximum atomic E-state index is 13.4. The molecule has 114 valence electrons. The number of carbonyl (C=O) groups excluding carboxylic acids is 2. The van der Waals surface area contributed by atoms with Crippen LogP contribution in [0.2, 0.25) is 0 Å². The average molecular weight is 301 g/mol. The van der Waals surface area contributed by atoms with E-state index < -0.39 is 17.6 Å². The quantitative estimate of drug-likeness (QED) is 0.856. The Kier molecular flexibility index (Phi) is 4.73. The molecule has 0 saturated carbocycles. The summed E-state index contributed by atoms with van der Waals surface area (Å²) >= 11 is 0. The molecule has 0 bridgehead atoms. The Labute approximate surface area is 127 Å². The monoisotopic (exact) mass is 301 g/mol. The van der Waals surface area contributed by atoms with Gasteiger partial charge >= 0.3 is 11.8 Å². The van der Waals surface area contributed by atoms with Gasteiger partial charge in [-0.25, -0.2) is 4.39 Å². The smallest absolute Gasteiger partial charge is 0.314 e. The molecule has 0 spiro atoms. The summed E-state index contributed by atoms with van der Waals surface area (Å²) in [5.74, 6) is -2.39. The fourth-order valence-corrected chi connectivity index (χ4v) is 1.79. The highest BCUT2D eigenvalue weighted by Gasteiger charge is 2.15. The molecule has 0 radical (unpaired) electrons. The fourth-order valence-electron chi connectivity index (χ4n) is 1.79. The van der Waals surface area contributed by atoms with Gasteiger partial charge in [0.25, 0.3) is 0 Å². The number of para-hydroxylation sites is 1. The molecule has 0 fully saturated rings. The van der Waals surface area contributed by atoms with E-state index >= 15 is 0 Å². The van der Waals surface area contributed by atoms with Gasteiger partial charge in [-0.15, -0.1) is 0 Å². The van der Waals surface area contributed by atoms with Gasteiger partial charge in [-0.3, -0.25) is 9.59 Å². The van der Waals surface area contributed by atoms with Gasteiger partial charge < -0.3 is 15.5 Å². The first-order valence-electron chi connectivity index (χ1n) is 6.61. The van der Waals surface area contributed by atoms with Crippen molar-refractivity contribution in [1.29, 1.82) is 0 Å². The SMILES string of the molecule is CN(C)c1cccc(NC(=O)C(=O)Nc2ccccc2F)c1. The molecule has 0 aliphatic carbocycles. The Morgan fingerprint density at radius 1 is 0.955 bits per heavy atom. The molecule has 5 nitrogen and oxygen atoms in total. The van der Waals surface area contributed by atoms with E-state index in [-0.39, 0.29) is 5.69 Å². The van der Waals surface area contributed by atoms with E-state index in [0.717, 1.165) is 5.69 Å². The topological polar surface area (TPSA) is 61.4 Å². The summed E-state index contributed by atoms with van der Waals surface area (Å²) in [5, 5.41) is 4.71. The summed E-state index contributed by atoms with van der Waals surface area (Å²) in [6, 6.07) is 12.7. The predicted molar refractivity (Wildman–Crippen MR) is 84.4 cm³/mol. The highest BCUT2D eigenvalue weighted by atomic mass is 19.1. The number of halogens is 1. The van der Waals surface area contributed by atoms with Crippen molar-refractivity contribution in [2.24, 2.45) is 0 Å². The summed E-state index contributed by atoms with van der Waals surface area (Å²) in [4.78, 5) is 25.5. The Bertz CT molecular complexity index is 701. The molecule has 0 aliphatic heterocycles. The first-order chi connectivity index (χ1) is 10.5. The van der Waals surface area contributed by atoms with Crippen LogP contribution < -0.4 is 15.5 Å². The maximum absolute atomic E-state index is 13.4. The first kappa shape index (κ1) is 15.5. The first-order valence-corrected chi connectivity index (χ1v) is 6.61. The van der Waals surface area contributed by atoms with Crippen LogP contribution >= 0.6 is 0 Å². The fraction of sp³-hybridized carbons (Fsp3) is 0.125. The van der Waals surface area contributed by atoms with Crippen molar-refractivity contribution in [1.82, 2.24) is 0 Å². The van der Waals surface area contributed by atoms with E-state index in [1.165, 1.54) is 18.2 Å². The minimum absolute atomic E-state index is 0.0373. The van der Waals surface area contributed by atoms with Crippen molar-refractivity contribution < 1.29 is 14.0 Å². The third-order valence-electron chi connectivity index (χ3n) is 2.95. The molecule has 0 atom stereocenters. The molecular weight excluding hydrogens is 285 g/mol. The molecule has 0 unspecified atom stereocenters. The van der Waals surface area contributed by atoms with Crippen LogP contribution in [0.3, 0.4) is 0 Å². The van der Waals surface area contributed by atoms with Gasteiger partial charge in [0.15, 0.2) is 0 Å². The summed E-state index contributed by atoms with van der Waals surface area (Å²) in [6.45, 7) is 0. The molecule has 0 aromatic heterocycles. The van der Waals surface area contributed by atoms with Crippen LogP contribution in [0.15, 0.2) is 48.5 Å². The summed E-state index contributed by atoms with van der Waals surface area (Å²) in [6.07, 6.45) is 0. The summed E-state index contributed by atoms with van der Waals surface area (Å²) in [7, 11) is 3.73. The molecule has 2 aromatic carbocycles. The lowest BCUT2D eigenvalue weighted by Gasteiger charge is -2.14. The lowest BCUT2D eigenvalue weighted by Crippen LogP contribution is -2.29. The highest BCUT2D eigenvalue weighted by molar-refractivity contribution is 6.43. The number of carbonyl (C=O) groups is 2. The van der Waals surface area contributed by atoms with E-state index in [0.29, 0.717) is 5.69 Å². The van der Waals surface area contributed by atoms with Crippen LogP contribution in [0.5, 0.6) is 0 Å². The van der Waals surface area contributed by atoms with Crippen LogP contribution in [-0.2, 0) is 9.59 Å². The zero-order valence-corrected chi connectivity index (χ0v) is 12.3. The van der Waals surface area contributed by atoms with Crippen LogP contribution in [-0.4, -0.2) is 25.9 Å². The molecule has 0 aliphatic rings. The molecule has 2 rings (SSSR count). The second-order valence-corrected chi connectivity index (χ2v) is 4.83. The van der Waals surface area contributed by atoms with Crippen molar-refractivity contribution in [3.05, 3.63) is 54.3 Å². The third-order valence-corrected chi connectivity index (χ3v) is 2.95. The largest absolute Gasteiger partial charge is 0.378 e. The second kappa shape index (κ2) is 6.71. The third kappa shape index (κ3) is 3.82. The van der Waals surface area contributed by atoms with Gasteiger partial charge in [0.1, 0.15) is 5.82 Å². The second-order valence-electron chi connectivity index (χ2n) is 4.83. The van der Waals surface area contributed by atoms with Gasteiger partial charge in [-0.1, -0.05) is 18.2 Å². The minimum Gasteiger partial charge on any atom is -0.378 e. The molecule has 2 amide bonds. The Hall–Kier alpha value is -2.89. The van der Waals surface area contributed by atoms with Gasteiger partial charge in [0.2, 0.25) is 0 Å². The van der Waals surface area contributed by atoms with Crippen LogP contribution in [0, 0.1) is 5.82 Å². The molecule has 2 aromatic rings. The Morgan fingerprint density at radius 3 is 2.32 bits per heavy atom. The van der Waals surface area contributed by atoms with E-state index in [9.17, 15) is 14.0 Å². The van der Waals surface area contributed by atoms with Gasteiger partial charge in [0, 0.05) is 25.5 Å². The molecule has 6 heteroatoms. The number of benzene rings is 2. The number of hydrogen-bond donors (Lipinski definition) is 2. The van der Waals surface area contributed by atoms with Gasteiger partial charge in [0.05, 0.1) is 5.69 Å². The van der Waals surface area contributed by atoms with E-state index in [1.807, 2.05) is 25.1 Å². The number of nitrogens with one attached hydrogen (secondary N) is 2. The van der Waals surface area contributed by atoms with Gasteiger partial charge in [-0.05, 0) is 30.3 Å². The average Bonchev–Trinajstić information content (AvgIpc) is 2.49. The number of amides is 2. The lowest BCUT2D eigenvalue weighted by atomic mass is 10.2. The lowest BCUT2D eigenvalue weighted by molar-refractivity contribution is -0.133. The van der Waals surface area contributed by atoms with Crippen LogP contribution in [0.4, 0.5) is 21.5 Å². The van der Waals surface area contributed by atoms with Crippen molar-refractivity contribution >= 4 is 28.9 Å². The standard InChI is InChI=1S/C16H16FN3O2/c1-20(2)12-7-5-6-11(10-12)18-15(21)16(22)19-14-9-4-3-8-13(14)17/h3-10H,1-2H3,(H,18,21)(H,19,22). The normalized spacial score (nSPS) is 9.95. The zero-order valence-electron chi connectivity index (χ0n) is 12.3. The van der Waals surface area contributed by atoms with E-state index in [4.69, 9.17) is 0 Å². The number of nitrogens with zero attached hydrogens (tertiary/aromatic N) is 1. The summed E-state index contributed by atoms with van der Waals surface area (Å²) in [5.41, 5.74) is 1.33. The van der Waals surface area contributed by atoms with Crippen molar-refractivity contribution in [3.8, 4) is 0 Å². The summed E-state index contributed by atoms with van der Waals surface area (Å²) < 4.78 is 13.4. The molecule has 0 heterocycles. The Balaban J connectivity index is 2.04. The molecule has 2 N–H and O–H groups in total. The van der Waals surface area contributed by atoms with E-state index in [2.05, 4.69) is 10.6 Å². The number of hydrogen-bond acceptors (Lipinski definition) is 3.